The number of benzene rings is 1. The maximum atomic E-state index is 12.5. The van der Waals surface area contributed by atoms with Crippen molar-refractivity contribution in [2.45, 2.75) is 11.1 Å². The lowest BCUT2D eigenvalue weighted by molar-refractivity contribution is -0.137. The molecule has 0 bridgehead atoms. The number of pyridine rings is 1. The number of nitrogens with zero attached hydrogens (tertiary/aromatic N) is 2. The molecular formula is C14H14BrF3N3O2PS. The Bertz CT molecular complexity index is 861. The van der Waals surface area contributed by atoms with Crippen molar-refractivity contribution in [1.82, 2.24) is 9.29 Å². The highest BCUT2D eigenvalue weighted by molar-refractivity contribution is 9.10. The third-order valence-electron chi connectivity index (χ3n) is 3.26. The van der Waals surface area contributed by atoms with Gasteiger partial charge in [-0.15, -0.1) is 9.24 Å². The van der Waals surface area contributed by atoms with Crippen LogP contribution in [-0.4, -0.2) is 31.0 Å². The summed E-state index contributed by atoms with van der Waals surface area (Å²) in [5.41, 5.74) is -0.376. The predicted molar refractivity (Wildman–Crippen MR) is 96.2 cm³/mol. The monoisotopic (exact) mass is 455 g/mol. The number of hydrogen-bond acceptors (Lipinski definition) is 4. The Morgan fingerprint density at radius 3 is 2.44 bits per heavy atom. The van der Waals surface area contributed by atoms with Crippen molar-refractivity contribution in [3.8, 4) is 0 Å². The van der Waals surface area contributed by atoms with E-state index in [1.807, 2.05) is 0 Å². The minimum atomic E-state index is -4.45. The van der Waals surface area contributed by atoms with Crippen molar-refractivity contribution >= 4 is 46.7 Å². The van der Waals surface area contributed by atoms with Crippen LogP contribution in [0.5, 0.6) is 0 Å². The molecular weight excluding hydrogens is 442 g/mol. The molecule has 0 fully saturated rings. The zero-order valence-electron chi connectivity index (χ0n) is 12.9. The van der Waals surface area contributed by atoms with Gasteiger partial charge >= 0.3 is 6.18 Å². The zero-order chi connectivity index (χ0) is 18.8. The molecule has 1 aromatic heterocycles. The molecule has 0 radical (unpaired) electrons. The van der Waals surface area contributed by atoms with Gasteiger partial charge in [0.05, 0.1) is 16.1 Å². The van der Waals surface area contributed by atoms with E-state index >= 15 is 0 Å². The number of halogens is 4. The van der Waals surface area contributed by atoms with E-state index in [2.05, 4.69) is 35.5 Å². The van der Waals surface area contributed by atoms with Gasteiger partial charge in [0.25, 0.3) is 0 Å². The summed E-state index contributed by atoms with van der Waals surface area (Å²) in [7, 11) is 0.168. The summed E-state index contributed by atoms with van der Waals surface area (Å²) < 4.78 is 63.7. The SMILES string of the molecule is CN(CP)S(=O)(=O)c1ccc(Nc2ccc(C(F)(F)F)cn2)c(Br)c1. The fourth-order valence-electron chi connectivity index (χ4n) is 1.81. The molecule has 1 aromatic carbocycles. The van der Waals surface area contributed by atoms with Gasteiger partial charge in [-0.2, -0.15) is 17.5 Å². The fourth-order valence-corrected chi connectivity index (χ4v) is 4.09. The topological polar surface area (TPSA) is 62.3 Å². The van der Waals surface area contributed by atoms with Crippen LogP contribution in [0.2, 0.25) is 0 Å². The largest absolute Gasteiger partial charge is 0.417 e. The molecule has 2 rings (SSSR count). The third kappa shape index (κ3) is 4.69. The fraction of sp³-hybridized carbons (Fsp3) is 0.214. The number of sulfonamides is 1. The summed E-state index contributed by atoms with van der Waals surface area (Å²) in [6.07, 6.45) is -3.48. The third-order valence-corrected chi connectivity index (χ3v) is 6.55. The number of alkyl halides is 3. The lowest BCUT2D eigenvalue weighted by Gasteiger charge is -2.16. The van der Waals surface area contributed by atoms with Gasteiger partial charge in [-0.3, -0.25) is 0 Å². The van der Waals surface area contributed by atoms with Gasteiger partial charge in [0, 0.05) is 24.0 Å². The lowest BCUT2D eigenvalue weighted by Crippen LogP contribution is -2.25. The molecule has 2 aromatic rings. The molecule has 0 aliphatic heterocycles. The van der Waals surface area contributed by atoms with E-state index in [0.29, 0.717) is 10.2 Å². The molecule has 0 saturated heterocycles. The van der Waals surface area contributed by atoms with Crippen LogP contribution in [0.25, 0.3) is 0 Å². The first-order chi connectivity index (χ1) is 11.6. The van der Waals surface area contributed by atoms with Gasteiger partial charge < -0.3 is 5.32 Å². The average Bonchev–Trinajstić information content (AvgIpc) is 2.55. The summed E-state index contributed by atoms with van der Waals surface area (Å²) in [4.78, 5) is 3.81. The second-order valence-corrected chi connectivity index (χ2v) is 8.25. The maximum Gasteiger partial charge on any atom is 0.417 e. The normalized spacial score (nSPS) is 12.4. The van der Waals surface area contributed by atoms with E-state index in [4.69, 9.17) is 0 Å². The first-order valence-corrected chi connectivity index (χ1v) is 9.87. The Balaban J connectivity index is 2.25. The van der Waals surface area contributed by atoms with Crippen LogP contribution in [0, 0.1) is 0 Å². The molecule has 0 aliphatic rings. The smallest absolute Gasteiger partial charge is 0.339 e. The van der Waals surface area contributed by atoms with Gasteiger partial charge in [0.2, 0.25) is 10.0 Å². The molecule has 0 aliphatic carbocycles. The molecule has 0 amide bonds. The number of rotatable bonds is 5. The van der Waals surface area contributed by atoms with Crippen molar-refractivity contribution in [2.75, 3.05) is 18.7 Å². The first-order valence-electron chi connectivity index (χ1n) is 6.82. The van der Waals surface area contributed by atoms with E-state index in [1.54, 1.807) is 0 Å². The van der Waals surface area contributed by atoms with Crippen LogP contribution in [0.1, 0.15) is 5.56 Å². The quantitative estimate of drug-likeness (QED) is 0.690. The number of nitrogens with one attached hydrogen (secondary N) is 1. The van der Waals surface area contributed by atoms with Crippen LogP contribution < -0.4 is 5.32 Å². The van der Waals surface area contributed by atoms with Gasteiger partial charge in [0.1, 0.15) is 5.82 Å². The van der Waals surface area contributed by atoms with E-state index in [0.717, 1.165) is 12.3 Å². The van der Waals surface area contributed by atoms with Crippen molar-refractivity contribution in [3.05, 3.63) is 46.6 Å². The lowest BCUT2D eigenvalue weighted by atomic mass is 10.2. The van der Waals surface area contributed by atoms with E-state index in [9.17, 15) is 21.6 Å². The Kier molecular flexibility index (Phi) is 6.09. The van der Waals surface area contributed by atoms with Gasteiger partial charge in [-0.25, -0.2) is 13.4 Å². The molecule has 1 heterocycles. The van der Waals surface area contributed by atoms with E-state index < -0.39 is 21.8 Å². The second-order valence-electron chi connectivity index (χ2n) is 4.98. The molecule has 5 nitrogen and oxygen atoms in total. The minimum Gasteiger partial charge on any atom is -0.339 e. The minimum absolute atomic E-state index is 0.0928. The van der Waals surface area contributed by atoms with E-state index in [1.165, 1.54) is 35.6 Å². The maximum absolute atomic E-state index is 12.5. The summed E-state index contributed by atoms with van der Waals surface area (Å²) >= 11 is 3.26. The van der Waals surface area contributed by atoms with Crippen LogP contribution in [0.4, 0.5) is 24.7 Å². The molecule has 1 unspecified atom stereocenters. The van der Waals surface area contributed by atoms with Crippen LogP contribution in [-0.2, 0) is 16.2 Å². The number of aromatic nitrogens is 1. The van der Waals surface area contributed by atoms with Gasteiger partial charge in [0.15, 0.2) is 0 Å². The Morgan fingerprint density at radius 2 is 1.96 bits per heavy atom. The molecule has 1 atom stereocenters. The zero-order valence-corrected chi connectivity index (χ0v) is 16.4. The van der Waals surface area contributed by atoms with Gasteiger partial charge in [-0.05, 0) is 46.3 Å². The number of anilines is 2. The Labute approximate surface area is 154 Å². The molecule has 25 heavy (non-hydrogen) atoms. The Morgan fingerprint density at radius 1 is 1.28 bits per heavy atom. The first kappa shape index (κ1) is 20.1. The highest BCUT2D eigenvalue weighted by Gasteiger charge is 2.30. The molecule has 0 saturated carbocycles. The molecule has 1 N–H and O–H groups in total. The standard InChI is InChI=1S/C14H14BrF3N3O2PS/c1-21(8-24)25(22,23)10-3-4-12(11(15)6-10)20-13-5-2-9(7-19-13)14(16,17)18/h2-7H,8,24H2,1H3,(H,19,20). The molecule has 11 heteroatoms. The molecule has 0 spiro atoms. The highest BCUT2D eigenvalue weighted by Crippen LogP contribution is 2.31. The summed E-state index contributed by atoms with van der Waals surface area (Å²) in [6, 6.07) is 6.44. The van der Waals surface area contributed by atoms with Crippen LogP contribution in [0.15, 0.2) is 45.9 Å². The van der Waals surface area contributed by atoms with Crippen LogP contribution >= 0.6 is 25.2 Å². The van der Waals surface area contributed by atoms with Crippen molar-refractivity contribution in [1.29, 1.82) is 0 Å². The second kappa shape index (κ2) is 7.57. The van der Waals surface area contributed by atoms with Crippen molar-refractivity contribution < 1.29 is 21.6 Å². The highest BCUT2D eigenvalue weighted by atomic mass is 79.9. The average molecular weight is 456 g/mol. The van der Waals surface area contributed by atoms with Crippen molar-refractivity contribution in [3.63, 3.8) is 0 Å². The number of hydrogen-bond donors (Lipinski definition) is 1. The van der Waals surface area contributed by atoms with E-state index in [-0.39, 0.29) is 17.0 Å². The van der Waals surface area contributed by atoms with Crippen molar-refractivity contribution in [2.24, 2.45) is 0 Å². The summed E-state index contributed by atoms with van der Waals surface area (Å²) in [5, 5.41) is 2.83. The van der Waals surface area contributed by atoms with Gasteiger partial charge in [-0.1, -0.05) is 0 Å². The summed E-state index contributed by atoms with van der Waals surface area (Å²) in [6.45, 7) is 0. The molecule has 136 valence electrons. The Hall–Kier alpha value is -1.22. The predicted octanol–water partition coefficient (Wildman–Crippen LogP) is 4.06. The van der Waals surface area contributed by atoms with Crippen LogP contribution in [0.3, 0.4) is 0 Å². The summed E-state index contributed by atoms with van der Waals surface area (Å²) in [5.74, 6) is 0.200.